The molecule has 0 spiro atoms. The summed E-state index contributed by atoms with van der Waals surface area (Å²) in [6.45, 7) is -0.638. The number of halogens is 2. The number of benzene rings is 1. The standard InChI is InChI=1S/C15H17F2N3O/c1-8-7-11(8)13-12(14(18)20(2)19-13)9-3-5-10(6-4-9)21-15(16)17/h3-6,8,11,15H,7,18H2,1-2H3. The van der Waals surface area contributed by atoms with Gasteiger partial charge in [0.25, 0.3) is 0 Å². The van der Waals surface area contributed by atoms with Crippen LogP contribution in [0.25, 0.3) is 11.1 Å². The Balaban J connectivity index is 1.96. The van der Waals surface area contributed by atoms with Crippen LogP contribution in [0.15, 0.2) is 24.3 Å². The topological polar surface area (TPSA) is 53.1 Å². The third-order valence-corrected chi connectivity index (χ3v) is 3.95. The van der Waals surface area contributed by atoms with Crippen LogP contribution < -0.4 is 10.5 Å². The number of ether oxygens (including phenoxy) is 1. The Morgan fingerprint density at radius 2 is 1.95 bits per heavy atom. The van der Waals surface area contributed by atoms with Gasteiger partial charge in [0.1, 0.15) is 11.6 Å². The molecule has 4 nitrogen and oxygen atoms in total. The number of rotatable bonds is 4. The second kappa shape index (κ2) is 5.02. The lowest BCUT2D eigenvalue weighted by Crippen LogP contribution is -2.01. The fourth-order valence-electron chi connectivity index (χ4n) is 2.62. The third kappa shape index (κ3) is 2.57. The first-order valence-corrected chi connectivity index (χ1v) is 6.85. The first kappa shape index (κ1) is 13.9. The molecule has 1 heterocycles. The van der Waals surface area contributed by atoms with Crippen LogP contribution in [0.4, 0.5) is 14.6 Å². The van der Waals surface area contributed by atoms with Gasteiger partial charge < -0.3 is 10.5 Å². The fourth-order valence-corrected chi connectivity index (χ4v) is 2.62. The summed E-state index contributed by atoms with van der Waals surface area (Å²) in [6.07, 6.45) is 1.11. The molecule has 3 rings (SSSR count). The van der Waals surface area contributed by atoms with Crippen LogP contribution in [-0.2, 0) is 7.05 Å². The van der Waals surface area contributed by atoms with Crippen LogP contribution in [0, 0.1) is 5.92 Å². The number of hydrogen-bond donors (Lipinski definition) is 1. The van der Waals surface area contributed by atoms with Crippen LogP contribution in [0.5, 0.6) is 5.75 Å². The largest absolute Gasteiger partial charge is 0.435 e. The van der Waals surface area contributed by atoms with Crippen molar-refractivity contribution in [1.29, 1.82) is 0 Å². The molecule has 2 atom stereocenters. The van der Waals surface area contributed by atoms with E-state index in [1.165, 1.54) is 12.1 Å². The van der Waals surface area contributed by atoms with Gasteiger partial charge in [-0.2, -0.15) is 13.9 Å². The second-order valence-corrected chi connectivity index (χ2v) is 5.49. The van der Waals surface area contributed by atoms with E-state index in [9.17, 15) is 8.78 Å². The maximum Gasteiger partial charge on any atom is 0.387 e. The van der Waals surface area contributed by atoms with Gasteiger partial charge in [-0.3, -0.25) is 4.68 Å². The van der Waals surface area contributed by atoms with Crippen molar-refractivity contribution in [3.63, 3.8) is 0 Å². The SMILES string of the molecule is CC1CC1c1nn(C)c(N)c1-c1ccc(OC(F)F)cc1. The minimum absolute atomic E-state index is 0.137. The molecular formula is C15H17F2N3O. The second-order valence-electron chi connectivity index (χ2n) is 5.49. The molecular weight excluding hydrogens is 276 g/mol. The Bertz CT molecular complexity index is 652. The zero-order chi connectivity index (χ0) is 15.1. The summed E-state index contributed by atoms with van der Waals surface area (Å²) >= 11 is 0. The number of alkyl halides is 2. The molecule has 2 aromatic rings. The van der Waals surface area contributed by atoms with Crippen molar-refractivity contribution in [2.24, 2.45) is 13.0 Å². The smallest absolute Gasteiger partial charge is 0.387 e. The van der Waals surface area contributed by atoms with Crippen LogP contribution in [0.1, 0.15) is 25.0 Å². The Morgan fingerprint density at radius 1 is 1.33 bits per heavy atom. The van der Waals surface area contributed by atoms with Crippen molar-refractivity contribution in [1.82, 2.24) is 9.78 Å². The molecule has 0 bridgehead atoms. The number of aromatic nitrogens is 2. The number of nitrogens with zero attached hydrogens (tertiary/aromatic N) is 2. The van der Waals surface area contributed by atoms with Crippen molar-refractivity contribution in [2.45, 2.75) is 25.9 Å². The van der Waals surface area contributed by atoms with Crippen LogP contribution in [0.2, 0.25) is 0 Å². The molecule has 2 unspecified atom stereocenters. The molecule has 0 saturated heterocycles. The normalized spacial score (nSPS) is 20.8. The molecule has 1 fully saturated rings. The van der Waals surface area contributed by atoms with E-state index in [1.54, 1.807) is 16.8 Å². The van der Waals surface area contributed by atoms with E-state index < -0.39 is 6.61 Å². The zero-order valence-corrected chi connectivity index (χ0v) is 11.9. The van der Waals surface area contributed by atoms with E-state index in [2.05, 4.69) is 16.8 Å². The summed E-state index contributed by atoms with van der Waals surface area (Å²) in [6, 6.07) is 6.52. The highest BCUT2D eigenvalue weighted by molar-refractivity contribution is 5.78. The van der Waals surface area contributed by atoms with Gasteiger partial charge in [-0.1, -0.05) is 19.1 Å². The molecule has 0 amide bonds. The van der Waals surface area contributed by atoms with Gasteiger partial charge in [-0.05, 0) is 30.0 Å². The molecule has 112 valence electrons. The van der Waals surface area contributed by atoms with Crippen molar-refractivity contribution in [3.8, 4) is 16.9 Å². The molecule has 0 radical (unpaired) electrons. The highest BCUT2D eigenvalue weighted by Gasteiger charge is 2.39. The lowest BCUT2D eigenvalue weighted by atomic mass is 10.0. The van der Waals surface area contributed by atoms with E-state index in [-0.39, 0.29) is 5.75 Å². The monoisotopic (exact) mass is 293 g/mol. The molecule has 0 aliphatic heterocycles. The first-order chi connectivity index (χ1) is 9.97. The average Bonchev–Trinajstić information content (AvgIpc) is 3.08. The van der Waals surface area contributed by atoms with Gasteiger partial charge in [0.2, 0.25) is 0 Å². The summed E-state index contributed by atoms with van der Waals surface area (Å²) in [5.41, 5.74) is 8.88. The van der Waals surface area contributed by atoms with E-state index >= 15 is 0 Å². The highest BCUT2D eigenvalue weighted by Crippen LogP contribution is 2.50. The van der Waals surface area contributed by atoms with Gasteiger partial charge in [-0.25, -0.2) is 0 Å². The van der Waals surface area contributed by atoms with Crippen molar-refractivity contribution >= 4 is 5.82 Å². The molecule has 1 aromatic carbocycles. The number of anilines is 1. The first-order valence-electron chi connectivity index (χ1n) is 6.85. The molecule has 6 heteroatoms. The number of nitrogens with two attached hydrogens (primary N) is 1. The Morgan fingerprint density at radius 3 is 2.48 bits per heavy atom. The molecule has 2 N–H and O–H groups in total. The fraction of sp³-hybridized carbons (Fsp3) is 0.400. The predicted molar refractivity (Wildman–Crippen MR) is 76.2 cm³/mol. The van der Waals surface area contributed by atoms with Crippen LogP contribution >= 0.6 is 0 Å². The zero-order valence-electron chi connectivity index (χ0n) is 11.9. The van der Waals surface area contributed by atoms with Gasteiger partial charge in [-0.15, -0.1) is 0 Å². The minimum atomic E-state index is -2.82. The average molecular weight is 293 g/mol. The van der Waals surface area contributed by atoms with Gasteiger partial charge in [0.05, 0.1) is 5.69 Å². The van der Waals surface area contributed by atoms with E-state index in [0.717, 1.165) is 23.2 Å². The van der Waals surface area contributed by atoms with E-state index in [0.29, 0.717) is 17.7 Å². The quantitative estimate of drug-likeness (QED) is 0.940. The highest BCUT2D eigenvalue weighted by atomic mass is 19.3. The Labute approximate surface area is 121 Å². The number of aryl methyl sites for hydroxylation is 1. The van der Waals surface area contributed by atoms with Gasteiger partial charge in [0, 0.05) is 18.5 Å². The predicted octanol–water partition coefficient (Wildman–Crippen LogP) is 3.39. The number of nitrogen functional groups attached to an aromatic ring is 1. The van der Waals surface area contributed by atoms with E-state index in [1.807, 2.05) is 7.05 Å². The lowest BCUT2D eigenvalue weighted by molar-refractivity contribution is -0.0498. The van der Waals surface area contributed by atoms with Crippen molar-refractivity contribution < 1.29 is 13.5 Å². The molecule has 1 aromatic heterocycles. The molecule has 1 aliphatic carbocycles. The Kier molecular flexibility index (Phi) is 3.31. The van der Waals surface area contributed by atoms with Crippen molar-refractivity contribution in [2.75, 3.05) is 5.73 Å². The summed E-state index contributed by atoms with van der Waals surface area (Å²) in [7, 11) is 1.81. The van der Waals surface area contributed by atoms with Crippen LogP contribution in [0.3, 0.4) is 0 Å². The maximum atomic E-state index is 12.2. The maximum absolute atomic E-state index is 12.2. The molecule has 1 saturated carbocycles. The Hall–Kier alpha value is -2.11. The number of hydrogen-bond acceptors (Lipinski definition) is 3. The summed E-state index contributed by atoms with van der Waals surface area (Å²) < 4.78 is 30.4. The van der Waals surface area contributed by atoms with Crippen molar-refractivity contribution in [3.05, 3.63) is 30.0 Å². The molecule has 21 heavy (non-hydrogen) atoms. The van der Waals surface area contributed by atoms with E-state index in [4.69, 9.17) is 5.73 Å². The lowest BCUT2D eigenvalue weighted by Gasteiger charge is -2.07. The third-order valence-electron chi connectivity index (χ3n) is 3.95. The van der Waals surface area contributed by atoms with Gasteiger partial charge >= 0.3 is 6.61 Å². The molecule has 1 aliphatic rings. The summed E-state index contributed by atoms with van der Waals surface area (Å²) in [5.74, 6) is 1.77. The minimum Gasteiger partial charge on any atom is -0.435 e. The van der Waals surface area contributed by atoms with Gasteiger partial charge in [0.15, 0.2) is 0 Å². The van der Waals surface area contributed by atoms with Crippen LogP contribution in [-0.4, -0.2) is 16.4 Å². The summed E-state index contributed by atoms with van der Waals surface area (Å²) in [4.78, 5) is 0. The summed E-state index contributed by atoms with van der Waals surface area (Å²) in [5, 5.41) is 4.51.